The van der Waals surface area contributed by atoms with Crippen molar-refractivity contribution in [2.24, 2.45) is 0 Å². The van der Waals surface area contributed by atoms with Gasteiger partial charge in [-0.2, -0.15) is 5.10 Å². The molecule has 1 aliphatic rings. The standard InChI is InChI=1S/C17H28N4O2/c1-3-5-7-10-18-17(23)16-13-12-21(15(22)8-6-4-2)11-9-14(13)19-20-16/h3-12H2,1-2H3,(H,18,23)(H,19,20). The number of hydrogen-bond acceptors (Lipinski definition) is 3. The fourth-order valence-electron chi connectivity index (χ4n) is 2.84. The Morgan fingerprint density at radius 1 is 1.22 bits per heavy atom. The Bertz CT molecular complexity index is 539. The first-order chi connectivity index (χ1) is 11.2. The second-order valence-corrected chi connectivity index (χ2v) is 6.16. The lowest BCUT2D eigenvalue weighted by atomic mass is 10.0. The second-order valence-electron chi connectivity index (χ2n) is 6.16. The first kappa shape index (κ1) is 17.5. The predicted octanol–water partition coefficient (Wildman–Crippen LogP) is 2.40. The van der Waals surface area contributed by atoms with Gasteiger partial charge in [-0.25, -0.2) is 0 Å². The third-order valence-corrected chi connectivity index (χ3v) is 4.31. The molecule has 0 bridgehead atoms. The third-order valence-electron chi connectivity index (χ3n) is 4.31. The number of aromatic nitrogens is 2. The average Bonchev–Trinajstić information content (AvgIpc) is 2.99. The fourth-order valence-corrected chi connectivity index (χ4v) is 2.84. The number of unbranched alkanes of at least 4 members (excludes halogenated alkanes) is 3. The molecule has 0 aliphatic carbocycles. The molecule has 0 radical (unpaired) electrons. The maximum Gasteiger partial charge on any atom is 0.272 e. The summed E-state index contributed by atoms with van der Waals surface area (Å²) in [6, 6.07) is 0. The molecule has 23 heavy (non-hydrogen) atoms. The van der Waals surface area contributed by atoms with Gasteiger partial charge in [0, 0.05) is 43.7 Å². The van der Waals surface area contributed by atoms with Gasteiger partial charge in [0.05, 0.1) is 0 Å². The van der Waals surface area contributed by atoms with Gasteiger partial charge in [-0.1, -0.05) is 33.1 Å². The van der Waals surface area contributed by atoms with E-state index in [0.29, 0.717) is 31.7 Å². The Kier molecular flexibility index (Phi) is 6.62. The van der Waals surface area contributed by atoms with Gasteiger partial charge >= 0.3 is 0 Å². The SMILES string of the molecule is CCCCCNC(=O)c1n[nH]c2c1CN(C(=O)CCCC)CC2. The minimum absolute atomic E-state index is 0.138. The van der Waals surface area contributed by atoms with Crippen molar-refractivity contribution >= 4 is 11.8 Å². The van der Waals surface area contributed by atoms with Crippen molar-refractivity contribution in [2.75, 3.05) is 13.1 Å². The molecule has 0 saturated carbocycles. The lowest BCUT2D eigenvalue weighted by Gasteiger charge is -2.27. The van der Waals surface area contributed by atoms with Crippen molar-refractivity contribution in [3.8, 4) is 0 Å². The zero-order valence-electron chi connectivity index (χ0n) is 14.3. The molecule has 2 rings (SSSR count). The largest absolute Gasteiger partial charge is 0.351 e. The number of aromatic amines is 1. The lowest BCUT2D eigenvalue weighted by molar-refractivity contribution is -0.132. The van der Waals surface area contributed by atoms with Crippen LogP contribution in [0.5, 0.6) is 0 Å². The van der Waals surface area contributed by atoms with Crippen LogP contribution >= 0.6 is 0 Å². The molecule has 0 spiro atoms. The summed E-state index contributed by atoms with van der Waals surface area (Å²) in [5, 5.41) is 10.1. The Balaban J connectivity index is 1.97. The number of nitrogens with zero attached hydrogens (tertiary/aromatic N) is 2. The highest BCUT2D eigenvalue weighted by Crippen LogP contribution is 2.21. The highest BCUT2D eigenvalue weighted by molar-refractivity contribution is 5.94. The van der Waals surface area contributed by atoms with E-state index >= 15 is 0 Å². The number of carbonyl (C=O) groups is 2. The number of carbonyl (C=O) groups excluding carboxylic acids is 2. The van der Waals surface area contributed by atoms with E-state index in [1.165, 1.54) is 0 Å². The van der Waals surface area contributed by atoms with Gasteiger partial charge in [0.25, 0.3) is 5.91 Å². The summed E-state index contributed by atoms with van der Waals surface area (Å²) >= 11 is 0. The zero-order chi connectivity index (χ0) is 16.7. The van der Waals surface area contributed by atoms with E-state index < -0.39 is 0 Å². The van der Waals surface area contributed by atoms with Gasteiger partial charge in [-0.05, 0) is 12.8 Å². The summed E-state index contributed by atoms with van der Waals surface area (Å²) in [6.07, 6.45) is 6.48. The molecule has 2 heterocycles. The van der Waals surface area contributed by atoms with Crippen LogP contribution in [0.4, 0.5) is 0 Å². The second kappa shape index (κ2) is 8.70. The van der Waals surface area contributed by atoms with Crippen LogP contribution < -0.4 is 5.32 Å². The van der Waals surface area contributed by atoms with Crippen LogP contribution in [0.3, 0.4) is 0 Å². The summed E-state index contributed by atoms with van der Waals surface area (Å²) in [5.41, 5.74) is 2.32. The molecule has 0 fully saturated rings. The van der Waals surface area contributed by atoms with Crippen molar-refractivity contribution < 1.29 is 9.59 Å². The Hall–Kier alpha value is -1.85. The minimum atomic E-state index is -0.138. The number of nitrogens with one attached hydrogen (secondary N) is 2. The molecule has 2 N–H and O–H groups in total. The maximum atomic E-state index is 12.3. The van der Waals surface area contributed by atoms with Gasteiger partial charge in [0.15, 0.2) is 5.69 Å². The predicted molar refractivity (Wildman–Crippen MR) is 89.1 cm³/mol. The maximum absolute atomic E-state index is 12.3. The van der Waals surface area contributed by atoms with Crippen LogP contribution in [0.15, 0.2) is 0 Å². The molecule has 1 aromatic rings. The van der Waals surface area contributed by atoms with Crippen LogP contribution in [-0.4, -0.2) is 40.0 Å². The summed E-state index contributed by atoms with van der Waals surface area (Å²) in [4.78, 5) is 26.3. The van der Waals surface area contributed by atoms with Crippen molar-refractivity contribution in [1.29, 1.82) is 0 Å². The normalized spacial score (nSPS) is 13.7. The number of rotatable bonds is 8. The summed E-state index contributed by atoms with van der Waals surface area (Å²) in [6.45, 7) is 6.09. The average molecular weight is 320 g/mol. The fraction of sp³-hybridized carbons (Fsp3) is 0.706. The third kappa shape index (κ3) is 4.56. The number of hydrogen-bond donors (Lipinski definition) is 2. The Morgan fingerprint density at radius 3 is 2.74 bits per heavy atom. The van der Waals surface area contributed by atoms with Gasteiger partial charge in [-0.15, -0.1) is 0 Å². The molecular formula is C17H28N4O2. The van der Waals surface area contributed by atoms with Gasteiger partial charge < -0.3 is 10.2 Å². The molecule has 128 valence electrons. The molecule has 2 amide bonds. The Morgan fingerprint density at radius 2 is 2.00 bits per heavy atom. The molecule has 0 aromatic carbocycles. The van der Waals surface area contributed by atoms with Crippen LogP contribution in [0.1, 0.15) is 74.1 Å². The highest BCUT2D eigenvalue weighted by Gasteiger charge is 2.27. The molecule has 1 aromatic heterocycles. The van der Waals surface area contributed by atoms with E-state index in [-0.39, 0.29) is 11.8 Å². The van der Waals surface area contributed by atoms with E-state index in [0.717, 1.165) is 49.8 Å². The van der Waals surface area contributed by atoms with Crippen molar-refractivity contribution in [1.82, 2.24) is 20.4 Å². The number of amides is 2. The van der Waals surface area contributed by atoms with Crippen LogP contribution in [-0.2, 0) is 17.8 Å². The van der Waals surface area contributed by atoms with Gasteiger partial charge in [0.1, 0.15) is 0 Å². The van der Waals surface area contributed by atoms with E-state index in [1.54, 1.807) is 0 Å². The summed E-state index contributed by atoms with van der Waals surface area (Å²) < 4.78 is 0. The quantitative estimate of drug-likeness (QED) is 0.722. The summed E-state index contributed by atoms with van der Waals surface area (Å²) in [5.74, 6) is 0.0365. The molecular weight excluding hydrogens is 292 g/mol. The van der Waals surface area contributed by atoms with Crippen LogP contribution in [0, 0.1) is 0 Å². The minimum Gasteiger partial charge on any atom is -0.351 e. The van der Waals surface area contributed by atoms with Gasteiger partial charge in [0.2, 0.25) is 5.91 Å². The van der Waals surface area contributed by atoms with E-state index in [1.807, 2.05) is 4.90 Å². The van der Waals surface area contributed by atoms with E-state index in [2.05, 4.69) is 29.4 Å². The van der Waals surface area contributed by atoms with Gasteiger partial charge in [-0.3, -0.25) is 14.7 Å². The zero-order valence-corrected chi connectivity index (χ0v) is 14.3. The van der Waals surface area contributed by atoms with E-state index in [9.17, 15) is 9.59 Å². The van der Waals surface area contributed by atoms with E-state index in [4.69, 9.17) is 0 Å². The number of fused-ring (bicyclic) bond motifs is 1. The molecule has 6 heteroatoms. The molecule has 0 unspecified atom stereocenters. The van der Waals surface area contributed by atoms with Crippen molar-refractivity contribution in [2.45, 2.75) is 65.3 Å². The molecule has 6 nitrogen and oxygen atoms in total. The van der Waals surface area contributed by atoms with Crippen molar-refractivity contribution in [3.63, 3.8) is 0 Å². The topological polar surface area (TPSA) is 78.1 Å². The smallest absolute Gasteiger partial charge is 0.272 e. The summed E-state index contributed by atoms with van der Waals surface area (Å²) in [7, 11) is 0. The van der Waals surface area contributed by atoms with Crippen LogP contribution in [0.2, 0.25) is 0 Å². The highest BCUT2D eigenvalue weighted by atomic mass is 16.2. The molecule has 0 atom stereocenters. The van der Waals surface area contributed by atoms with Crippen molar-refractivity contribution in [3.05, 3.63) is 17.0 Å². The number of H-pyrrole nitrogens is 1. The Labute approximate surface area is 138 Å². The monoisotopic (exact) mass is 320 g/mol. The lowest BCUT2D eigenvalue weighted by Crippen LogP contribution is -2.36. The molecule has 0 saturated heterocycles. The first-order valence-electron chi connectivity index (χ1n) is 8.79. The first-order valence-corrected chi connectivity index (χ1v) is 8.79. The van der Waals surface area contributed by atoms with Crippen LogP contribution in [0.25, 0.3) is 0 Å². The molecule has 1 aliphatic heterocycles.